The summed E-state index contributed by atoms with van der Waals surface area (Å²) in [5.74, 6) is -0.409. The van der Waals surface area contributed by atoms with E-state index in [0.717, 1.165) is 4.57 Å². The summed E-state index contributed by atoms with van der Waals surface area (Å²) in [5, 5.41) is 47.4. The highest BCUT2D eigenvalue weighted by Gasteiger charge is 2.45. The largest absolute Gasteiger partial charge is 0.473 e. The molecule has 3 heterocycles. The summed E-state index contributed by atoms with van der Waals surface area (Å²) in [6.45, 7) is -1.41. The number of imidazole rings is 1. The fraction of sp³-hybridized carbons (Fsp3) is 0.615. The van der Waals surface area contributed by atoms with E-state index < -0.39 is 49.5 Å². The molecular formula is C13H19N5O8. The Balaban J connectivity index is 2.04. The number of rotatable bonds is 6. The molecule has 8 N–H and O–H groups in total. The van der Waals surface area contributed by atoms with Gasteiger partial charge in [0, 0.05) is 0 Å². The van der Waals surface area contributed by atoms with Gasteiger partial charge in [-0.3, -0.25) is 4.98 Å². The Morgan fingerprint density at radius 1 is 1.31 bits per heavy atom. The molecule has 2 aromatic heterocycles. The van der Waals surface area contributed by atoms with Gasteiger partial charge in [0.25, 0.3) is 0 Å². The molecule has 26 heavy (non-hydrogen) atoms. The molecule has 13 heteroatoms. The summed E-state index contributed by atoms with van der Waals surface area (Å²) in [5.41, 5.74) is 4.83. The molecule has 144 valence electrons. The number of fused-ring (bicyclic) bond motifs is 1. The van der Waals surface area contributed by atoms with Crippen LogP contribution < -0.4 is 16.2 Å². The van der Waals surface area contributed by atoms with Crippen LogP contribution >= 0.6 is 0 Å². The molecule has 1 aliphatic rings. The molecule has 1 fully saturated rings. The van der Waals surface area contributed by atoms with Gasteiger partial charge < -0.3 is 40.7 Å². The van der Waals surface area contributed by atoms with E-state index in [1.807, 2.05) is 0 Å². The Morgan fingerprint density at radius 3 is 2.65 bits per heavy atom. The number of nitrogens with one attached hydrogen (secondary N) is 1. The molecule has 0 saturated carbocycles. The third-order valence-electron chi connectivity index (χ3n) is 3.95. The highest BCUT2D eigenvalue weighted by molar-refractivity contribution is 5.77. The lowest BCUT2D eigenvalue weighted by Gasteiger charge is -2.16. The number of nitrogens with zero attached hydrogens (tertiary/aromatic N) is 3. The number of anilines is 1. The van der Waals surface area contributed by atoms with Gasteiger partial charge in [0.05, 0.1) is 13.2 Å². The topological polar surface area (TPSA) is 209 Å². The van der Waals surface area contributed by atoms with Gasteiger partial charge >= 0.3 is 5.69 Å². The highest BCUT2D eigenvalue weighted by Crippen LogP contribution is 2.31. The standard InChI is InChI=1S/C13H19N5O8/c14-12-16-9-6(10(17-12)25-3-4(21)1-19)15-13(24)18(9)11-8(23)7(22)5(2-20)26-11/h4-5,7-8,11,19-23H,1-3H2,(H,15,24)(H2,14,16,17)/t4-,5+,7+,8+,11+/m0/s1. The molecule has 2 aromatic rings. The number of aromatic nitrogens is 4. The minimum Gasteiger partial charge on any atom is -0.473 e. The lowest BCUT2D eigenvalue weighted by molar-refractivity contribution is -0.0524. The number of aliphatic hydroxyl groups excluding tert-OH is 5. The van der Waals surface area contributed by atoms with Gasteiger partial charge in [-0.1, -0.05) is 0 Å². The Labute approximate surface area is 145 Å². The van der Waals surface area contributed by atoms with Crippen LogP contribution in [0.15, 0.2) is 4.79 Å². The summed E-state index contributed by atoms with van der Waals surface area (Å²) in [7, 11) is 0. The number of nitrogen functional groups attached to an aromatic ring is 1. The highest BCUT2D eigenvalue weighted by atomic mass is 16.6. The van der Waals surface area contributed by atoms with Crippen molar-refractivity contribution >= 4 is 17.1 Å². The lowest BCUT2D eigenvalue weighted by atomic mass is 10.1. The SMILES string of the molecule is Nc1nc(OC[C@@H](O)CO)c2[nH]c(=O)n([C@@H]3O[C@H](CO)[C@@H](O)[C@H]3O)c2n1. The Bertz CT molecular complexity index is 838. The minimum atomic E-state index is -1.50. The van der Waals surface area contributed by atoms with Crippen LogP contribution in [-0.4, -0.2) is 89.3 Å². The molecule has 0 aromatic carbocycles. The first-order valence-electron chi connectivity index (χ1n) is 7.69. The first kappa shape index (κ1) is 18.5. The van der Waals surface area contributed by atoms with Crippen LogP contribution in [0.2, 0.25) is 0 Å². The van der Waals surface area contributed by atoms with Gasteiger partial charge in [0.2, 0.25) is 11.8 Å². The third kappa shape index (κ3) is 3.11. The third-order valence-corrected chi connectivity index (χ3v) is 3.95. The molecule has 1 aliphatic heterocycles. The average molecular weight is 373 g/mol. The summed E-state index contributed by atoms with van der Waals surface area (Å²) < 4.78 is 11.5. The number of ether oxygens (including phenoxy) is 2. The Morgan fingerprint density at radius 2 is 2.04 bits per heavy atom. The fourth-order valence-electron chi connectivity index (χ4n) is 2.65. The van der Waals surface area contributed by atoms with Crippen LogP contribution in [0.5, 0.6) is 5.88 Å². The number of hydrogen-bond acceptors (Lipinski definition) is 11. The quantitative estimate of drug-likeness (QED) is 0.260. The minimum absolute atomic E-state index is 0.0204. The van der Waals surface area contributed by atoms with Crippen LogP contribution in [-0.2, 0) is 4.74 Å². The van der Waals surface area contributed by atoms with Crippen molar-refractivity contribution in [3.8, 4) is 5.88 Å². The second-order valence-electron chi connectivity index (χ2n) is 5.76. The molecule has 0 bridgehead atoms. The zero-order valence-corrected chi connectivity index (χ0v) is 13.4. The van der Waals surface area contributed by atoms with Gasteiger partial charge in [0.1, 0.15) is 36.5 Å². The van der Waals surface area contributed by atoms with Gasteiger partial charge in [-0.05, 0) is 0 Å². The molecule has 0 aliphatic carbocycles. The van der Waals surface area contributed by atoms with Crippen molar-refractivity contribution in [1.82, 2.24) is 19.5 Å². The monoisotopic (exact) mass is 373 g/mol. The molecule has 0 radical (unpaired) electrons. The molecule has 0 amide bonds. The normalized spacial score (nSPS) is 27.1. The number of hydrogen-bond donors (Lipinski definition) is 7. The molecule has 0 spiro atoms. The van der Waals surface area contributed by atoms with Crippen molar-refractivity contribution < 1.29 is 35.0 Å². The first-order valence-corrected chi connectivity index (χ1v) is 7.69. The lowest BCUT2D eigenvalue weighted by Crippen LogP contribution is -2.34. The van der Waals surface area contributed by atoms with Crippen LogP contribution in [0.3, 0.4) is 0 Å². The van der Waals surface area contributed by atoms with Crippen LogP contribution in [0.4, 0.5) is 5.95 Å². The van der Waals surface area contributed by atoms with E-state index in [1.54, 1.807) is 0 Å². The maximum absolute atomic E-state index is 12.3. The fourth-order valence-corrected chi connectivity index (χ4v) is 2.65. The van der Waals surface area contributed by atoms with Crippen LogP contribution in [0.25, 0.3) is 11.2 Å². The zero-order valence-electron chi connectivity index (χ0n) is 13.4. The Kier molecular flexibility index (Phi) is 5.08. The van der Waals surface area contributed by atoms with Crippen molar-refractivity contribution in [2.75, 3.05) is 25.6 Å². The van der Waals surface area contributed by atoms with Gasteiger partial charge in [-0.15, -0.1) is 0 Å². The van der Waals surface area contributed by atoms with Crippen LogP contribution in [0, 0.1) is 0 Å². The molecule has 13 nitrogen and oxygen atoms in total. The summed E-state index contributed by atoms with van der Waals surface area (Å²) in [4.78, 5) is 22.5. The molecule has 0 unspecified atom stereocenters. The van der Waals surface area contributed by atoms with E-state index in [-0.39, 0.29) is 29.6 Å². The second-order valence-corrected chi connectivity index (χ2v) is 5.76. The maximum atomic E-state index is 12.3. The van der Waals surface area contributed by atoms with E-state index in [9.17, 15) is 25.2 Å². The van der Waals surface area contributed by atoms with E-state index in [4.69, 9.17) is 20.3 Å². The number of H-pyrrole nitrogens is 1. The van der Waals surface area contributed by atoms with Crippen LogP contribution in [0.1, 0.15) is 6.23 Å². The van der Waals surface area contributed by atoms with E-state index in [1.165, 1.54) is 0 Å². The van der Waals surface area contributed by atoms with E-state index in [0.29, 0.717) is 0 Å². The second kappa shape index (κ2) is 7.14. The zero-order chi connectivity index (χ0) is 19.0. The smallest absolute Gasteiger partial charge is 0.330 e. The van der Waals surface area contributed by atoms with Crippen molar-refractivity contribution in [3.63, 3.8) is 0 Å². The predicted molar refractivity (Wildman–Crippen MR) is 84.2 cm³/mol. The number of nitrogens with two attached hydrogens (primary N) is 1. The van der Waals surface area contributed by atoms with Crippen molar-refractivity contribution in [2.24, 2.45) is 0 Å². The van der Waals surface area contributed by atoms with E-state index in [2.05, 4.69) is 15.0 Å². The van der Waals surface area contributed by atoms with Gasteiger partial charge in [-0.25, -0.2) is 9.36 Å². The summed E-state index contributed by atoms with van der Waals surface area (Å²) in [6, 6.07) is 0. The average Bonchev–Trinajstić information content (AvgIpc) is 3.09. The Hall–Kier alpha value is -2.29. The molecule has 5 atom stereocenters. The molecule has 1 saturated heterocycles. The predicted octanol–water partition coefficient (Wildman–Crippen LogP) is -3.95. The van der Waals surface area contributed by atoms with Crippen molar-refractivity contribution in [1.29, 1.82) is 0 Å². The molecular weight excluding hydrogens is 354 g/mol. The van der Waals surface area contributed by atoms with Crippen molar-refractivity contribution in [2.45, 2.75) is 30.6 Å². The summed E-state index contributed by atoms with van der Waals surface area (Å²) >= 11 is 0. The number of aromatic amines is 1. The maximum Gasteiger partial charge on any atom is 0.330 e. The van der Waals surface area contributed by atoms with Crippen molar-refractivity contribution in [3.05, 3.63) is 10.5 Å². The first-order chi connectivity index (χ1) is 12.4. The van der Waals surface area contributed by atoms with Gasteiger partial charge in [-0.2, -0.15) is 9.97 Å². The van der Waals surface area contributed by atoms with Gasteiger partial charge in [0.15, 0.2) is 11.9 Å². The number of aliphatic hydroxyl groups is 5. The van der Waals surface area contributed by atoms with E-state index >= 15 is 0 Å². The summed E-state index contributed by atoms with van der Waals surface area (Å²) in [6.07, 6.45) is -6.48. The molecule has 3 rings (SSSR count).